The minimum atomic E-state index is -0.481. The molecule has 0 aliphatic carbocycles. The quantitative estimate of drug-likeness (QED) is 0.448. The smallest absolute Gasteiger partial charge is 0.302 e. The van der Waals surface area contributed by atoms with Crippen molar-refractivity contribution in [2.45, 2.75) is 0 Å². The maximum atomic E-state index is 13.3. The van der Waals surface area contributed by atoms with Gasteiger partial charge in [0.25, 0.3) is 5.91 Å². The van der Waals surface area contributed by atoms with Crippen molar-refractivity contribution in [3.8, 4) is 11.6 Å². The predicted octanol–water partition coefficient (Wildman–Crippen LogP) is 4.28. The molecule has 0 radical (unpaired) electrons. The number of hydrazone groups is 1. The van der Waals surface area contributed by atoms with Crippen molar-refractivity contribution in [1.82, 2.24) is 19.9 Å². The summed E-state index contributed by atoms with van der Waals surface area (Å²) in [5, 5.41) is 8.36. The number of aromatic nitrogens is 2. The van der Waals surface area contributed by atoms with Crippen molar-refractivity contribution in [3.63, 3.8) is 0 Å². The normalized spacial score (nSPS) is 13.9. The van der Waals surface area contributed by atoms with Gasteiger partial charge in [0.2, 0.25) is 0 Å². The lowest BCUT2D eigenvalue weighted by Crippen LogP contribution is -2.37. The van der Waals surface area contributed by atoms with E-state index in [1.165, 1.54) is 29.3 Å². The van der Waals surface area contributed by atoms with E-state index in [9.17, 15) is 14.0 Å². The maximum Gasteiger partial charge on any atom is 0.302 e. The average Bonchev–Trinajstić information content (AvgIpc) is 3.48. The molecule has 2 aromatic heterocycles. The van der Waals surface area contributed by atoms with Gasteiger partial charge in [0.05, 0.1) is 29.6 Å². The van der Waals surface area contributed by atoms with Crippen LogP contribution in [0.15, 0.2) is 70.4 Å². The standard InChI is InChI=1S/C24H20FN5O3S/c1-29-20-8-7-15(13-18(20)27-22(29)21-6-3-11-33-21)19-14-34-24(32)30(28-19)10-9-26-23(31)16-4-2-5-17(25)12-16/h2-8,11-13H,9-10,14H2,1H3,(H,26,31). The summed E-state index contributed by atoms with van der Waals surface area (Å²) < 4.78 is 20.8. The summed E-state index contributed by atoms with van der Waals surface area (Å²) in [5.41, 5.74) is 3.58. The van der Waals surface area contributed by atoms with Gasteiger partial charge in [-0.15, -0.1) is 0 Å². The SMILES string of the molecule is Cn1c(-c2ccco2)nc2cc(C3=NN(CCNC(=O)c4cccc(F)c4)C(=O)SC3)ccc21. The molecule has 8 nitrogen and oxygen atoms in total. The molecule has 4 aromatic rings. The number of rotatable bonds is 6. The molecular weight excluding hydrogens is 457 g/mol. The second kappa shape index (κ2) is 9.14. The van der Waals surface area contributed by atoms with Crippen LogP contribution in [-0.4, -0.2) is 50.3 Å². The third-order valence-corrected chi connectivity index (χ3v) is 6.31. The Bertz CT molecular complexity index is 1410. The number of hydrogen-bond donors (Lipinski definition) is 1. The largest absolute Gasteiger partial charge is 0.461 e. The van der Waals surface area contributed by atoms with Crippen molar-refractivity contribution in [2.75, 3.05) is 18.8 Å². The van der Waals surface area contributed by atoms with Crippen LogP contribution < -0.4 is 5.32 Å². The van der Waals surface area contributed by atoms with Gasteiger partial charge in [0, 0.05) is 30.5 Å². The molecule has 0 unspecified atom stereocenters. The molecule has 0 saturated carbocycles. The van der Waals surface area contributed by atoms with Crippen LogP contribution in [0, 0.1) is 5.82 Å². The molecule has 1 aliphatic heterocycles. The topological polar surface area (TPSA) is 92.7 Å². The minimum Gasteiger partial charge on any atom is -0.461 e. The molecule has 0 fully saturated rings. The van der Waals surface area contributed by atoms with E-state index >= 15 is 0 Å². The van der Waals surface area contributed by atoms with Crippen molar-refractivity contribution < 1.29 is 18.4 Å². The van der Waals surface area contributed by atoms with Crippen molar-refractivity contribution in [3.05, 3.63) is 77.8 Å². The van der Waals surface area contributed by atoms with E-state index in [4.69, 9.17) is 9.40 Å². The highest BCUT2D eigenvalue weighted by molar-refractivity contribution is 8.14. The summed E-state index contributed by atoms with van der Waals surface area (Å²) >= 11 is 1.15. The molecule has 1 aliphatic rings. The minimum absolute atomic E-state index is 0.185. The number of carbonyl (C=O) groups excluding carboxylic acids is 2. The molecule has 0 atom stereocenters. The number of fused-ring (bicyclic) bond motifs is 1. The average molecular weight is 478 g/mol. The van der Waals surface area contributed by atoms with E-state index in [1.807, 2.05) is 41.9 Å². The lowest BCUT2D eigenvalue weighted by Gasteiger charge is -2.23. The van der Waals surface area contributed by atoms with Gasteiger partial charge >= 0.3 is 5.24 Å². The zero-order chi connectivity index (χ0) is 23.7. The first-order chi connectivity index (χ1) is 16.5. The highest BCUT2D eigenvalue weighted by Crippen LogP contribution is 2.26. The van der Waals surface area contributed by atoms with Crippen LogP contribution >= 0.6 is 11.8 Å². The number of halogens is 1. The summed E-state index contributed by atoms with van der Waals surface area (Å²) in [6.07, 6.45) is 1.61. The van der Waals surface area contributed by atoms with Crippen molar-refractivity contribution >= 4 is 39.7 Å². The maximum absolute atomic E-state index is 13.3. The molecule has 2 amide bonds. The molecule has 34 heavy (non-hydrogen) atoms. The molecule has 0 bridgehead atoms. The number of hydrogen-bond acceptors (Lipinski definition) is 6. The van der Waals surface area contributed by atoms with E-state index < -0.39 is 11.7 Å². The summed E-state index contributed by atoms with van der Waals surface area (Å²) in [6, 6.07) is 15.0. The van der Waals surface area contributed by atoms with Crippen LogP contribution in [0.5, 0.6) is 0 Å². The van der Waals surface area contributed by atoms with Gasteiger partial charge in [-0.3, -0.25) is 9.59 Å². The second-order valence-corrected chi connectivity index (χ2v) is 8.59. The number of nitrogens with zero attached hydrogens (tertiary/aromatic N) is 4. The van der Waals surface area contributed by atoms with Crippen LogP contribution in [0.3, 0.4) is 0 Å². The summed E-state index contributed by atoms with van der Waals surface area (Å²) in [5.74, 6) is 0.958. The van der Waals surface area contributed by atoms with Gasteiger partial charge in [-0.1, -0.05) is 23.9 Å². The summed E-state index contributed by atoms with van der Waals surface area (Å²) in [6.45, 7) is 0.384. The molecule has 3 heterocycles. The highest BCUT2D eigenvalue weighted by atomic mass is 32.2. The number of benzene rings is 2. The lowest BCUT2D eigenvalue weighted by molar-refractivity contribution is 0.0949. The summed E-state index contributed by atoms with van der Waals surface area (Å²) in [7, 11) is 1.93. The lowest BCUT2D eigenvalue weighted by atomic mass is 10.1. The van der Waals surface area contributed by atoms with Crippen molar-refractivity contribution in [2.24, 2.45) is 12.1 Å². The van der Waals surface area contributed by atoms with Crippen molar-refractivity contribution in [1.29, 1.82) is 0 Å². The van der Waals surface area contributed by atoms with Crippen LogP contribution in [0.4, 0.5) is 9.18 Å². The van der Waals surface area contributed by atoms with E-state index in [2.05, 4.69) is 10.4 Å². The number of thioether (sulfide) groups is 1. The third kappa shape index (κ3) is 4.32. The number of imidazole rings is 1. The molecule has 0 spiro atoms. The Hall–Kier alpha value is -3.92. The van der Waals surface area contributed by atoms with E-state index in [-0.39, 0.29) is 23.9 Å². The second-order valence-electron chi connectivity index (χ2n) is 7.67. The Balaban J connectivity index is 1.31. The highest BCUT2D eigenvalue weighted by Gasteiger charge is 2.23. The molecular formula is C24H20FN5O3S. The fraction of sp³-hybridized carbons (Fsp3) is 0.167. The number of aryl methyl sites for hydroxylation is 1. The zero-order valence-corrected chi connectivity index (χ0v) is 19.0. The van der Waals surface area contributed by atoms with Crippen LogP contribution in [0.1, 0.15) is 15.9 Å². The Morgan fingerprint density at radius 1 is 1.21 bits per heavy atom. The Labute approximate surface area is 198 Å². The van der Waals surface area contributed by atoms with Gasteiger partial charge in [0.1, 0.15) is 5.82 Å². The van der Waals surface area contributed by atoms with Gasteiger partial charge in [0.15, 0.2) is 11.6 Å². The van der Waals surface area contributed by atoms with Crippen LogP contribution in [0.25, 0.3) is 22.6 Å². The van der Waals surface area contributed by atoms with E-state index in [0.717, 1.165) is 39.9 Å². The van der Waals surface area contributed by atoms with Gasteiger partial charge in [-0.05, 0) is 42.5 Å². The molecule has 10 heteroatoms. The fourth-order valence-corrected chi connectivity index (χ4v) is 4.48. The van der Waals surface area contributed by atoms with Gasteiger partial charge < -0.3 is 14.3 Å². The fourth-order valence-electron chi connectivity index (χ4n) is 3.71. The Kier molecular flexibility index (Phi) is 5.89. The van der Waals surface area contributed by atoms with Crippen LogP contribution in [0.2, 0.25) is 0 Å². The first-order valence-electron chi connectivity index (χ1n) is 10.6. The number of furan rings is 1. The molecule has 5 rings (SSSR count). The molecule has 0 saturated heterocycles. The third-order valence-electron chi connectivity index (χ3n) is 5.44. The number of nitrogens with one attached hydrogen (secondary N) is 1. The Morgan fingerprint density at radius 3 is 2.88 bits per heavy atom. The zero-order valence-electron chi connectivity index (χ0n) is 18.2. The Morgan fingerprint density at radius 2 is 2.09 bits per heavy atom. The van der Waals surface area contributed by atoms with Crippen LogP contribution in [-0.2, 0) is 7.05 Å². The van der Waals surface area contributed by atoms with Gasteiger partial charge in [-0.25, -0.2) is 14.4 Å². The molecule has 172 valence electrons. The first kappa shape index (κ1) is 21.9. The molecule has 2 aromatic carbocycles. The number of carbonyl (C=O) groups is 2. The predicted molar refractivity (Wildman–Crippen MR) is 128 cm³/mol. The van der Waals surface area contributed by atoms with E-state index in [1.54, 1.807) is 6.26 Å². The molecule has 1 N–H and O–H groups in total. The van der Waals surface area contributed by atoms with Gasteiger partial charge in [-0.2, -0.15) is 5.10 Å². The summed E-state index contributed by atoms with van der Waals surface area (Å²) in [4.78, 5) is 29.3. The van der Waals surface area contributed by atoms with E-state index in [0.29, 0.717) is 11.5 Å². The monoisotopic (exact) mass is 477 g/mol. The number of amides is 2. The first-order valence-corrected chi connectivity index (χ1v) is 11.5.